The molecule has 1 aliphatic rings. The molecular formula is C10H11F2N5O2S. The summed E-state index contributed by atoms with van der Waals surface area (Å²) in [5.41, 5.74) is 1.47. The number of nitrogens with one attached hydrogen (secondary N) is 1. The Morgan fingerprint density at radius 3 is 2.85 bits per heavy atom. The van der Waals surface area contributed by atoms with Crippen molar-refractivity contribution in [1.29, 1.82) is 0 Å². The quantitative estimate of drug-likeness (QED) is 0.871. The molecule has 20 heavy (non-hydrogen) atoms. The van der Waals surface area contributed by atoms with Gasteiger partial charge in [-0.25, -0.2) is 13.8 Å². The first-order valence-electron chi connectivity index (χ1n) is 5.80. The highest BCUT2D eigenvalue weighted by Gasteiger charge is 2.25. The molecule has 0 saturated heterocycles. The maximum atomic E-state index is 12.3. The molecule has 0 unspecified atom stereocenters. The summed E-state index contributed by atoms with van der Waals surface area (Å²) in [6, 6.07) is 0. The number of alkyl halides is 2. The molecular weight excluding hydrogens is 292 g/mol. The average molecular weight is 303 g/mol. The van der Waals surface area contributed by atoms with Crippen LogP contribution >= 0.6 is 0 Å². The maximum Gasteiger partial charge on any atom is 0.301 e. The number of rotatable bonds is 4. The molecule has 1 aliphatic heterocycles. The van der Waals surface area contributed by atoms with Gasteiger partial charge in [-0.1, -0.05) is 0 Å². The molecule has 108 valence electrons. The van der Waals surface area contributed by atoms with Gasteiger partial charge in [0.1, 0.15) is 0 Å². The van der Waals surface area contributed by atoms with Crippen LogP contribution in [0, 0.1) is 0 Å². The van der Waals surface area contributed by atoms with Crippen molar-refractivity contribution in [3.63, 3.8) is 0 Å². The van der Waals surface area contributed by atoms with Gasteiger partial charge in [0.05, 0.1) is 18.6 Å². The van der Waals surface area contributed by atoms with E-state index in [1.807, 2.05) is 0 Å². The van der Waals surface area contributed by atoms with Crippen LogP contribution in [0.5, 0.6) is 0 Å². The lowest BCUT2D eigenvalue weighted by Crippen LogP contribution is -2.16. The standard InChI is InChI=1S/C10H11F2N5O2S/c11-9(12)4-16-5-10(14-6-16)20(18,19)17-3-7-1-13-2-8(7)15-17/h3,5-6,9,13H,1-2,4H2. The van der Waals surface area contributed by atoms with E-state index in [9.17, 15) is 17.2 Å². The predicted octanol–water partition coefficient (Wildman–Crippen LogP) is 0.185. The minimum Gasteiger partial charge on any atom is -0.330 e. The SMILES string of the molecule is O=S(=O)(c1cn(CC(F)F)cn1)n1cc2c(n1)CNC2. The molecule has 0 aromatic carbocycles. The third-order valence-electron chi connectivity index (χ3n) is 2.93. The summed E-state index contributed by atoms with van der Waals surface area (Å²) in [7, 11) is -3.93. The lowest BCUT2D eigenvalue weighted by Gasteiger charge is -2.01. The van der Waals surface area contributed by atoms with Gasteiger partial charge in [0.15, 0.2) is 5.03 Å². The zero-order chi connectivity index (χ0) is 14.3. The Kier molecular flexibility index (Phi) is 3.05. The van der Waals surface area contributed by atoms with E-state index in [4.69, 9.17) is 0 Å². The number of aromatic nitrogens is 4. The highest BCUT2D eigenvalue weighted by atomic mass is 32.2. The number of nitrogens with zero attached hydrogens (tertiary/aromatic N) is 4. The van der Waals surface area contributed by atoms with Crippen molar-refractivity contribution >= 4 is 10.0 Å². The van der Waals surface area contributed by atoms with Crippen molar-refractivity contribution in [3.05, 3.63) is 30.0 Å². The zero-order valence-corrected chi connectivity index (χ0v) is 11.0. The summed E-state index contributed by atoms with van der Waals surface area (Å²) in [6.07, 6.45) is 0.987. The maximum absolute atomic E-state index is 12.3. The number of imidazole rings is 1. The second kappa shape index (κ2) is 4.63. The molecule has 2 aromatic rings. The Balaban J connectivity index is 1.92. The fourth-order valence-electron chi connectivity index (χ4n) is 1.98. The lowest BCUT2D eigenvalue weighted by molar-refractivity contribution is 0.126. The number of hydrogen-bond acceptors (Lipinski definition) is 5. The van der Waals surface area contributed by atoms with Crippen molar-refractivity contribution in [2.75, 3.05) is 0 Å². The molecule has 3 heterocycles. The summed E-state index contributed by atoms with van der Waals surface area (Å²) in [4.78, 5) is 3.67. The summed E-state index contributed by atoms with van der Waals surface area (Å²) in [5, 5.41) is 6.72. The highest BCUT2D eigenvalue weighted by Crippen LogP contribution is 2.17. The van der Waals surface area contributed by atoms with Gasteiger partial charge in [-0.05, 0) is 0 Å². The minimum atomic E-state index is -3.93. The Morgan fingerprint density at radius 2 is 2.15 bits per heavy atom. The summed E-state index contributed by atoms with van der Waals surface area (Å²) in [5.74, 6) is 0. The smallest absolute Gasteiger partial charge is 0.301 e. The zero-order valence-electron chi connectivity index (χ0n) is 10.2. The van der Waals surface area contributed by atoms with Crippen LogP contribution in [0.3, 0.4) is 0 Å². The van der Waals surface area contributed by atoms with Gasteiger partial charge in [0.2, 0.25) is 0 Å². The highest BCUT2D eigenvalue weighted by molar-refractivity contribution is 7.89. The van der Waals surface area contributed by atoms with Gasteiger partial charge in [-0.3, -0.25) is 0 Å². The second-order valence-corrected chi connectivity index (χ2v) is 6.12. The average Bonchev–Trinajstić information content (AvgIpc) is 3.00. The molecule has 2 aromatic heterocycles. The van der Waals surface area contributed by atoms with E-state index < -0.39 is 23.0 Å². The topological polar surface area (TPSA) is 81.8 Å². The van der Waals surface area contributed by atoms with Crippen LogP contribution in [0.4, 0.5) is 8.78 Å². The summed E-state index contributed by atoms with van der Waals surface area (Å²) in [6.45, 7) is 0.477. The van der Waals surface area contributed by atoms with Crippen molar-refractivity contribution in [3.8, 4) is 0 Å². The van der Waals surface area contributed by atoms with Crippen LogP contribution in [-0.4, -0.2) is 33.6 Å². The van der Waals surface area contributed by atoms with Crippen LogP contribution in [0.2, 0.25) is 0 Å². The first-order chi connectivity index (χ1) is 9.46. The van der Waals surface area contributed by atoms with Crippen molar-refractivity contribution < 1.29 is 17.2 Å². The van der Waals surface area contributed by atoms with E-state index in [2.05, 4.69) is 15.4 Å². The Labute approximate surface area is 113 Å². The molecule has 0 fully saturated rings. The van der Waals surface area contributed by atoms with Crippen molar-refractivity contribution in [2.45, 2.75) is 31.1 Å². The van der Waals surface area contributed by atoms with E-state index >= 15 is 0 Å². The first kappa shape index (κ1) is 13.2. The van der Waals surface area contributed by atoms with E-state index in [0.717, 1.165) is 26.7 Å². The third-order valence-corrected chi connectivity index (χ3v) is 4.35. The molecule has 10 heteroatoms. The second-order valence-electron chi connectivity index (χ2n) is 4.38. The van der Waals surface area contributed by atoms with E-state index in [1.165, 1.54) is 6.20 Å². The van der Waals surface area contributed by atoms with Gasteiger partial charge >= 0.3 is 10.0 Å². The molecule has 3 rings (SSSR count). The van der Waals surface area contributed by atoms with Crippen molar-refractivity contribution in [2.24, 2.45) is 0 Å². The number of halogens is 2. The summed E-state index contributed by atoms with van der Waals surface area (Å²) < 4.78 is 50.9. The van der Waals surface area contributed by atoms with Crippen LogP contribution in [0.1, 0.15) is 11.3 Å². The minimum absolute atomic E-state index is 0.299. The van der Waals surface area contributed by atoms with E-state index in [-0.39, 0.29) is 5.03 Å². The van der Waals surface area contributed by atoms with Gasteiger partial charge in [0, 0.05) is 31.0 Å². The van der Waals surface area contributed by atoms with E-state index in [0.29, 0.717) is 18.8 Å². The predicted molar refractivity (Wildman–Crippen MR) is 63.6 cm³/mol. The largest absolute Gasteiger partial charge is 0.330 e. The molecule has 0 spiro atoms. The Hall–Kier alpha value is -1.81. The Bertz CT molecular complexity index is 715. The molecule has 1 N–H and O–H groups in total. The van der Waals surface area contributed by atoms with Gasteiger partial charge in [-0.15, -0.1) is 0 Å². The van der Waals surface area contributed by atoms with Gasteiger partial charge < -0.3 is 9.88 Å². The summed E-state index contributed by atoms with van der Waals surface area (Å²) >= 11 is 0. The lowest BCUT2D eigenvalue weighted by atomic mass is 10.3. The molecule has 0 bridgehead atoms. The van der Waals surface area contributed by atoms with Gasteiger partial charge in [0.25, 0.3) is 6.43 Å². The molecule has 7 nitrogen and oxygen atoms in total. The van der Waals surface area contributed by atoms with Crippen LogP contribution in [-0.2, 0) is 29.7 Å². The molecule has 0 saturated carbocycles. The normalized spacial score (nSPS) is 14.9. The molecule has 0 radical (unpaired) electrons. The molecule has 0 atom stereocenters. The van der Waals surface area contributed by atoms with E-state index in [1.54, 1.807) is 0 Å². The molecule has 0 amide bonds. The third kappa shape index (κ3) is 2.20. The number of hydrogen-bond donors (Lipinski definition) is 1. The van der Waals surface area contributed by atoms with Crippen molar-refractivity contribution in [1.82, 2.24) is 24.1 Å². The molecule has 0 aliphatic carbocycles. The first-order valence-corrected chi connectivity index (χ1v) is 7.24. The fourth-order valence-corrected chi connectivity index (χ4v) is 3.10. The van der Waals surface area contributed by atoms with Crippen LogP contribution < -0.4 is 5.32 Å². The fraction of sp³-hybridized carbons (Fsp3) is 0.400. The van der Waals surface area contributed by atoms with Crippen LogP contribution in [0.15, 0.2) is 23.7 Å². The van der Waals surface area contributed by atoms with Crippen LogP contribution in [0.25, 0.3) is 0 Å². The monoisotopic (exact) mass is 303 g/mol. The van der Waals surface area contributed by atoms with Gasteiger partial charge in [-0.2, -0.15) is 17.6 Å². The Morgan fingerprint density at radius 1 is 1.35 bits per heavy atom. The number of fused-ring (bicyclic) bond motifs is 1.